The third-order valence-corrected chi connectivity index (χ3v) is 2.38. The minimum absolute atomic E-state index is 0.186. The Morgan fingerprint density at radius 2 is 2.15 bits per heavy atom. The molecule has 1 aliphatic rings. The van der Waals surface area contributed by atoms with Gasteiger partial charge in [-0.15, -0.1) is 0 Å². The van der Waals surface area contributed by atoms with E-state index >= 15 is 0 Å². The second-order valence-corrected chi connectivity index (χ2v) is 4.53. The third-order valence-electron chi connectivity index (χ3n) is 2.38. The first-order valence-electron chi connectivity index (χ1n) is 4.90. The van der Waals surface area contributed by atoms with Crippen LogP contribution in [0.15, 0.2) is 0 Å². The molecule has 0 bridgehead atoms. The number of hydrogen-bond acceptors (Lipinski definition) is 3. The molecule has 13 heavy (non-hydrogen) atoms. The summed E-state index contributed by atoms with van der Waals surface area (Å²) in [5, 5.41) is 8.85. The maximum absolute atomic E-state index is 10.7. The Bertz CT molecular complexity index is 176. The highest BCUT2D eigenvalue weighted by Crippen LogP contribution is 2.29. The maximum Gasteiger partial charge on any atom is 0.126 e. The highest BCUT2D eigenvalue weighted by Gasteiger charge is 2.32. The van der Waals surface area contributed by atoms with Gasteiger partial charge in [-0.2, -0.15) is 0 Å². The molecule has 3 heteroatoms. The Balaban J connectivity index is 2.41. The zero-order chi connectivity index (χ0) is 9.90. The monoisotopic (exact) mass is 185 g/mol. The summed E-state index contributed by atoms with van der Waals surface area (Å²) in [6, 6.07) is 0.617. The Morgan fingerprint density at radius 3 is 2.54 bits per heavy atom. The maximum atomic E-state index is 10.7. The van der Waals surface area contributed by atoms with Crippen LogP contribution < -0.4 is 0 Å². The van der Waals surface area contributed by atoms with Gasteiger partial charge < -0.3 is 9.90 Å². The molecule has 0 heterocycles. The van der Waals surface area contributed by atoms with Gasteiger partial charge in [0.1, 0.15) is 6.29 Å². The van der Waals surface area contributed by atoms with Gasteiger partial charge in [0.2, 0.25) is 0 Å². The van der Waals surface area contributed by atoms with Gasteiger partial charge in [-0.3, -0.25) is 4.90 Å². The number of aliphatic hydroxyl groups is 1. The van der Waals surface area contributed by atoms with Crippen LogP contribution in [0.3, 0.4) is 0 Å². The molecule has 0 radical (unpaired) electrons. The van der Waals surface area contributed by atoms with Gasteiger partial charge in [0.15, 0.2) is 0 Å². The van der Waals surface area contributed by atoms with E-state index in [2.05, 4.69) is 4.90 Å². The van der Waals surface area contributed by atoms with E-state index in [1.165, 1.54) is 12.8 Å². The van der Waals surface area contributed by atoms with E-state index in [0.717, 1.165) is 12.8 Å². The Hall–Kier alpha value is -0.410. The molecule has 1 N–H and O–H groups in total. The number of hydrogen-bond donors (Lipinski definition) is 1. The summed E-state index contributed by atoms with van der Waals surface area (Å²) in [6.07, 6.45) is 3.43. The van der Waals surface area contributed by atoms with Gasteiger partial charge >= 0.3 is 0 Å². The molecule has 0 aromatic heterocycles. The fourth-order valence-electron chi connectivity index (χ4n) is 1.52. The molecular weight excluding hydrogens is 166 g/mol. The highest BCUT2D eigenvalue weighted by molar-refractivity contribution is 5.58. The van der Waals surface area contributed by atoms with Gasteiger partial charge in [-0.25, -0.2) is 0 Å². The van der Waals surface area contributed by atoms with Crippen molar-refractivity contribution in [3.05, 3.63) is 0 Å². The van der Waals surface area contributed by atoms with Crippen molar-refractivity contribution in [3.63, 3.8) is 0 Å². The zero-order valence-electron chi connectivity index (χ0n) is 8.49. The van der Waals surface area contributed by atoms with Gasteiger partial charge in [-0.1, -0.05) is 13.8 Å². The lowest BCUT2D eigenvalue weighted by Gasteiger charge is -2.28. The summed E-state index contributed by atoms with van der Waals surface area (Å²) < 4.78 is 0. The molecule has 0 aromatic rings. The van der Waals surface area contributed by atoms with Crippen LogP contribution in [0.25, 0.3) is 0 Å². The SMILES string of the molecule is CC(C)(C=O)CN(CCO)C1CC1. The Kier molecular flexibility index (Phi) is 3.45. The smallest absolute Gasteiger partial charge is 0.126 e. The number of rotatable bonds is 6. The molecule has 0 aromatic carbocycles. The van der Waals surface area contributed by atoms with Crippen molar-refractivity contribution in [2.75, 3.05) is 19.7 Å². The normalized spacial score (nSPS) is 17.8. The van der Waals surface area contributed by atoms with Crippen LogP contribution in [0.2, 0.25) is 0 Å². The van der Waals surface area contributed by atoms with Crippen LogP contribution in [0.1, 0.15) is 26.7 Å². The third kappa shape index (κ3) is 3.44. The summed E-state index contributed by atoms with van der Waals surface area (Å²) in [5.74, 6) is 0. The summed E-state index contributed by atoms with van der Waals surface area (Å²) in [7, 11) is 0. The second kappa shape index (κ2) is 4.20. The number of carbonyl (C=O) groups is 1. The number of aldehydes is 1. The Morgan fingerprint density at radius 1 is 1.54 bits per heavy atom. The van der Waals surface area contributed by atoms with Gasteiger partial charge in [-0.05, 0) is 12.8 Å². The summed E-state index contributed by atoms with van der Waals surface area (Å²) in [6.45, 7) is 5.52. The van der Waals surface area contributed by atoms with Crippen LogP contribution in [0.4, 0.5) is 0 Å². The molecule has 76 valence electrons. The van der Waals surface area contributed by atoms with E-state index in [1.54, 1.807) is 0 Å². The summed E-state index contributed by atoms with van der Waals surface area (Å²) >= 11 is 0. The molecule has 1 aliphatic carbocycles. The molecule has 0 spiro atoms. The van der Waals surface area contributed by atoms with E-state index in [9.17, 15) is 4.79 Å². The van der Waals surface area contributed by atoms with Crippen molar-refractivity contribution < 1.29 is 9.90 Å². The Labute approximate surface area is 79.7 Å². The van der Waals surface area contributed by atoms with E-state index in [1.807, 2.05) is 13.8 Å². The van der Waals surface area contributed by atoms with Crippen molar-refractivity contribution in [1.29, 1.82) is 0 Å². The molecule has 1 fully saturated rings. The van der Waals surface area contributed by atoms with Crippen molar-refractivity contribution in [3.8, 4) is 0 Å². The van der Waals surface area contributed by atoms with E-state index < -0.39 is 0 Å². The molecule has 1 rings (SSSR count). The van der Waals surface area contributed by atoms with Crippen LogP contribution >= 0.6 is 0 Å². The summed E-state index contributed by atoms with van der Waals surface area (Å²) in [5.41, 5.74) is -0.280. The predicted octanol–water partition coefficient (Wildman–Crippen LogP) is 0.668. The molecule has 1 saturated carbocycles. The zero-order valence-corrected chi connectivity index (χ0v) is 8.49. The first-order chi connectivity index (χ1) is 6.09. The average molecular weight is 185 g/mol. The van der Waals surface area contributed by atoms with Crippen LogP contribution in [0, 0.1) is 5.41 Å². The molecule has 0 amide bonds. The molecule has 0 unspecified atom stereocenters. The molecule has 0 aliphatic heterocycles. The lowest BCUT2D eigenvalue weighted by Crippen LogP contribution is -2.38. The molecule has 0 atom stereocenters. The minimum Gasteiger partial charge on any atom is -0.395 e. The highest BCUT2D eigenvalue weighted by atomic mass is 16.3. The van der Waals surface area contributed by atoms with E-state index in [-0.39, 0.29) is 12.0 Å². The van der Waals surface area contributed by atoms with Crippen LogP contribution in [0.5, 0.6) is 0 Å². The number of carbonyl (C=O) groups excluding carboxylic acids is 1. The van der Waals surface area contributed by atoms with E-state index in [4.69, 9.17) is 5.11 Å². The number of aliphatic hydroxyl groups excluding tert-OH is 1. The van der Waals surface area contributed by atoms with Crippen LogP contribution in [-0.4, -0.2) is 42.0 Å². The van der Waals surface area contributed by atoms with Gasteiger partial charge in [0.05, 0.1) is 6.61 Å². The quantitative estimate of drug-likeness (QED) is 0.618. The van der Waals surface area contributed by atoms with Crippen molar-refractivity contribution in [2.45, 2.75) is 32.7 Å². The van der Waals surface area contributed by atoms with Crippen molar-refractivity contribution in [1.82, 2.24) is 4.90 Å². The standard InChI is InChI=1S/C10H19NO2/c1-10(2,8-13)7-11(5-6-12)9-3-4-9/h8-9,12H,3-7H2,1-2H3. The second-order valence-electron chi connectivity index (χ2n) is 4.53. The lowest BCUT2D eigenvalue weighted by molar-refractivity contribution is -0.115. The molecular formula is C10H19NO2. The number of nitrogens with zero attached hydrogens (tertiary/aromatic N) is 1. The fraction of sp³-hybridized carbons (Fsp3) is 0.900. The largest absolute Gasteiger partial charge is 0.395 e. The van der Waals surface area contributed by atoms with Crippen molar-refractivity contribution in [2.24, 2.45) is 5.41 Å². The minimum atomic E-state index is -0.280. The average Bonchev–Trinajstić information content (AvgIpc) is 2.86. The van der Waals surface area contributed by atoms with Gasteiger partial charge in [0.25, 0.3) is 0 Å². The molecule has 3 nitrogen and oxygen atoms in total. The van der Waals surface area contributed by atoms with E-state index in [0.29, 0.717) is 12.6 Å². The van der Waals surface area contributed by atoms with Crippen molar-refractivity contribution >= 4 is 6.29 Å². The first-order valence-corrected chi connectivity index (χ1v) is 4.90. The van der Waals surface area contributed by atoms with Gasteiger partial charge in [0, 0.05) is 24.5 Å². The fourth-order valence-corrected chi connectivity index (χ4v) is 1.52. The first kappa shape index (κ1) is 10.7. The lowest BCUT2D eigenvalue weighted by atomic mass is 9.95. The molecule has 0 saturated heterocycles. The summed E-state index contributed by atoms with van der Waals surface area (Å²) in [4.78, 5) is 12.9. The topological polar surface area (TPSA) is 40.5 Å². The predicted molar refractivity (Wildman–Crippen MR) is 51.5 cm³/mol. The van der Waals surface area contributed by atoms with Crippen LogP contribution in [-0.2, 0) is 4.79 Å².